The molecule has 0 N–H and O–H groups in total. The van der Waals surface area contributed by atoms with E-state index in [4.69, 9.17) is 0 Å². The molecule has 1 fully saturated rings. The quantitative estimate of drug-likeness (QED) is 0.824. The van der Waals surface area contributed by atoms with E-state index in [2.05, 4.69) is 31.3 Å². The van der Waals surface area contributed by atoms with E-state index in [0.717, 1.165) is 36.0 Å². The van der Waals surface area contributed by atoms with Gasteiger partial charge in [0.2, 0.25) is 11.7 Å². The molecule has 0 atom stereocenters. The summed E-state index contributed by atoms with van der Waals surface area (Å²) in [5, 5.41) is 12.4. The molecule has 0 unspecified atom stereocenters. The fraction of sp³-hybridized carbons (Fsp3) is 0.500. The molecular weight excluding hydrogens is 358 g/mol. The third kappa shape index (κ3) is 4.37. The van der Waals surface area contributed by atoms with Crippen molar-refractivity contribution >= 4 is 21.8 Å². The van der Waals surface area contributed by atoms with Gasteiger partial charge >= 0.3 is 0 Å². The zero-order valence-corrected chi connectivity index (χ0v) is 14.6. The summed E-state index contributed by atoms with van der Waals surface area (Å²) in [5.41, 5.74) is 0.887. The highest BCUT2D eigenvalue weighted by Crippen LogP contribution is 2.17. The molecule has 1 aliphatic rings. The number of nitrogens with zero attached hydrogens (tertiary/aromatic N) is 5. The van der Waals surface area contributed by atoms with E-state index in [-0.39, 0.29) is 12.5 Å². The fourth-order valence-electron chi connectivity index (χ4n) is 2.74. The molecule has 2 heterocycles. The smallest absolute Gasteiger partial charge is 0.246 e. The Kier molecular flexibility index (Phi) is 5.38. The van der Waals surface area contributed by atoms with Gasteiger partial charge in [-0.25, -0.2) is 0 Å². The molecule has 1 aliphatic heterocycles. The molecule has 3 rings (SSSR count). The number of amides is 1. The topological polar surface area (TPSA) is 63.9 Å². The minimum atomic E-state index is 0.0756. The molecule has 7 heteroatoms. The molecule has 0 saturated carbocycles. The Morgan fingerprint density at radius 2 is 1.70 bits per heavy atom. The van der Waals surface area contributed by atoms with Crippen molar-refractivity contribution in [1.82, 2.24) is 25.1 Å². The maximum Gasteiger partial charge on any atom is 0.246 e. The van der Waals surface area contributed by atoms with Crippen LogP contribution < -0.4 is 0 Å². The number of benzene rings is 1. The number of tetrazole rings is 1. The van der Waals surface area contributed by atoms with E-state index >= 15 is 0 Å². The van der Waals surface area contributed by atoms with Crippen LogP contribution in [0.1, 0.15) is 32.1 Å². The molecule has 2 aromatic rings. The van der Waals surface area contributed by atoms with Gasteiger partial charge in [-0.3, -0.25) is 4.79 Å². The van der Waals surface area contributed by atoms with E-state index in [9.17, 15) is 4.79 Å². The zero-order chi connectivity index (χ0) is 16.1. The molecule has 0 spiro atoms. The summed E-state index contributed by atoms with van der Waals surface area (Å²) < 4.78 is 1.00. The highest BCUT2D eigenvalue weighted by atomic mass is 79.9. The lowest BCUT2D eigenvalue weighted by atomic mass is 10.1. The van der Waals surface area contributed by atoms with Crippen molar-refractivity contribution in [2.75, 3.05) is 13.1 Å². The van der Waals surface area contributed by atoms with Crippen LogP contribution in [0.3, 0.4) is 0 Å². The average Bonchev–Trinajstić information content (AvgIpc) is 2.96. The van der Waals surface area contributed by atoms with E-state index in [1.165, 1.54) is 24.1 Å². The Morgan fingerprint density at radius 3 is 2.39 bits per heavy atom. The van der Waals surface area contributed by atoms with Gasteiger partial charge in [0.1, 0.15) is 6.54 Å². The summed E-state index contributed by atoms with van der Waals surface area (Å²) in [6.07, 6.45) is 5.86. The molecule has 23 heavy (non-hydrogen) atoms. The number of carbonyl (C=O) groups excluding carboxylic acids is 1. The summed E-state index contributed by atoms with van der Waals surface area (Å²) in [6, 6.07) is 7.71. The second-order valence-corrected chi connectivity index (χ2v) is 6.71. The predicted molar refractivity (Wildman–Crippen MR) is 90.6 cm³/mol. The SMILES string of the molecule is O=C(Cn1nnc(-c2ccc(Br)cc2)n1)N1CCCCCCC1. The van der Waals surface area contributed by atoms with Crippen molar-refractivity contribution in [1.29, 1.82) is 0 Å². The Balaban J connectivity index is 1.63. The van der Waals surface area contributed by atoms with Gasteiger partial charge in [0.25, 0.3) is 0 Å². The van der Waals surface area contributed by atoms with Crippen molar-refractivity contribution in [2.45, 2.75) is 38.6 Å². The van der Waals surface area contributed by atoms with Crippen LogP contribution in [0.4, 0.5) is 0 Å². The first-order valence-corrected chi connectivity index (χ1v) is 8.83. The molecule has 0 bridgehead atoms. The summed E-state index contributed by atoms with van der Waals surface area (Å²) in [4.78, 5) is 15.7. The van der Waals surface area contributed by atoms with Crippen molar-refractivity contribution < 1.29 is 4.79 Å². The number of rotatable bonds is 3. The molecule has 1 amide bonds. The Morgan fingerprint density at radius 1 is 1.04 bits per heavy atom. The van der Waals surface area contributed by atoms with Crippen molar-refractivity contribution in [3.8, 4) is 11.4 Å². The second-order valence-electron chi connectivity index (χ2n) is 5.80. The Bertz CT molecular complexity index is 647. The third-order valence-electron chi connectivity index (χ3n) is 4.04. The highest BCUT2D eigenvalue weighted by Gasteiger charge is 2.17. The van der Waals surface area contributed by atoms with Gasteiger partial charge in [-0.1, -0.05) is 35.2 Å². The van der Waals surface area contributed by atoms with Crippen LogP contribution >= 0.6 is 15.9 Å². The van der Waals surface area contributed by atoms with Crippen LogP contribution in [0.15, 0.2) is 28.7 Å². The number of hydrogen-bond donors (Lipinski definition) is 0. The molecule has 1 aromatic heterocycles. The lowest BCUT2D eigenvalue weighted by Gasteiger charge is -2.24. The molecule has 1 aromatic carbocycles. The second kappa shape index (κ2) is 7.68. The monoisotopic (exact) mass is 377 g/mol. The maximum absolute atomic E-state index is 12.4. The van der Waals surface area contributed by atoms with Gasteiger partial charge in [0.15, 0.2) is 0 Å². The van der Waals surface area contributed by atoms with Crippen LogP contribution in [0, 0.1) is 0 Å². The fourth-order valence-corrected chi connectivity index (χ4v) is 3.01. The van der Waals surface area contributed by atoms with Crippen molar-refractivity contribution in [3.63, 3.8) is 0 Å². The maximum atomic E-state index is 12.4. The van der Waals surface area contributed by atoms with E-state index in [1.54, 1.807) is 0 Å². The first-order chi connectivity index (χ1) is 11.2. The standard InChI is InChI=1S/C16H20BrN5O/c17-14-8-6-13(7-9-14)16-18-20-22(19-16)12-15(23)21-10-4-2-1-3-5-11-21/h6-9H,1-5,10-12H2. The number of likely N-dealkylation sites (tertiary alicyclic amines) is 1. The van der Waals surface area contributed by atoms with E-state index < -0.39 is 0 Å². The van der Waals surface area contributed by atoms with Gasteiger partial charge in [0.05, 0.1) is 0 Å². The minimum Gasteiger partial charge on any atom is -0.341 e. The van der Waals surface area contributed by atoms with Crippen LogP contribution in [-0.4, -0.2) is 44.1 Å². The highest BCUT2D eigenvalue weighted by molar-refractivity contribution is 9.10. The van der Waals surface area contributed by atoms with Crippen molar-refractivity contribution in [3.05, 3.63) is 28.7 Å². The first-order valence-electron chi connectivity index (χ1n) is 8.04. The van der Waals surface area contributed by atoms with Gasteiger partial charge in [-0.15, -0.1) is 10.2 Å². The summed E-state index contributed by atoms with van der Waals surface area (Å²) >= 11 is 3.40. The van der Waals surface area contributed by atoms with Gasteiger partial charge in [0, 0.05) is 23.1 Å². The molecule has 122 valence electrons. The largest absolute Gasteiger partial charge is 0.341 e. The van der Waals surface area contributed by atoms with Crippen LogP contribution in [0.25, 0.3) is 11.4 Å². The van der Waals surface area contributed by atoms with E-state index in [1.807, 2.05) is 29.2 Å². The number of aromatic nitrogens is 4. The predicted octanol–water partition coefficient (Wildman–Crippen LogP) is 2.90. The average molecular weight is 378 g/mol. The normalized spacial score (nSPS) is 16.0. The molecule has 1 saturated heterocycles. The van der Waals surface area contributed by atoms with Crippen LogP contribution in [0.5, 0.6) is 0 Å². The number of carbonyl (C=O) groups is 1. The molecular formula is C16H20BrN5O. The van der Waals surface area contributed by atoms with E-state index in [0.29, 0.717) is 5.82 Å². The zero-order valence-electron chi connectivity index (χ0n) is 13.0. The molecule has 6 nitrogen and oxygen atoms in total. The van der Waals surface area contributed by atoms with Gasteiger partial charge in [-0.05, 0) is 42.3 Å². The summed E-state index contributed by atoms with van der Waals surface area (Å²) in [5.74, 6) is 0.615. The molecule has 0 radical (unpaired) electrons. The minimum absolute atomic E-state index is 0.0756. The summed E-state index contributed by atoms with van der Waals surface area (Å²) in [7, 11) is 0. The Hall–Kier alpha value is -1.76. The number of halogens is 1. The first kappa shape index (κ1) is 16.1. The lowest BCUT2D eigenvalue weighted by molar-refractivity contribution is -0.132. The molecule has 0 aliphatic carbocycles. The van der Waals surface area contributed by atoms with Gasteiger partial charge in [-0.2, -0.15) is 4.80 Å². The van der Waals surface area contributed by atoms with Gasteiger partial charge < -0.3 is 4.90 Å². The lowest BCUT2D eigenvalue weighted by Crippen LogP contribution is -2.36. The van der Waals surface area contributed by atoms with Crippen LogP contribution in [0.2, 0.25) is 0 Å². The van der Waals surface area contributed by atoms with Crippen molar-refractivity contribution in [2.24, 2.45) is 0 Å². The third-order valence-corrected chi connectivity index (χ3v) is 4.57. The van der Waals surface area contributed by atoms with Crippen LogP contribution in [-0.2, 0) is 11.3 Å². The number of hydrogen-bond acceptors (Lipinski definition) is 4. The summed E-state index contributed by atoms with van der Waals surface area (Å²) in [6.45, 7) is 1.84. The Labute approximate surface area is 144 Å².